The molecule has 0 radical (unpaired) electrons. The van der Waals surface area contributed by atoms with Crippen LogP contribution in [0.15, 0.2) is 42.5 Å². The minimum absolute atomic E-state index is 0.0764. The van der Waals surface area contributed by atoms with Crippen molar-refractivity contribution >= 4 is 17.6 Å². The number of fused-ring (bicyclic) bond motifs is 1. The number of benzene rings is 2. The van der Waals surface area contributed by atoms with Crippen LogP contribution in [0.4, 0.5) is 0 Å². The molecule has 204 valence electrons. The summed E-state index contributed by atoms with van der Waals surface area (Å²) in [5, 5.41) is 15.0. The molecule has 1 aliphatic rings. The maximum absolute atomic E-state index is 11.9. The Morgan fingerprint density at radius 3 is 2.51 bits per heavy atom. The topological polar surface area (TPSA) is 67.8 Å². The summed E-state index contributed by atoms with van der Waals surface area (Å²) in [4.78, 5) is 11.9. The second kappa shape index (κ2) is 14.3. The van der Waals surface area contributed by atoms with Crippen LogP contribution in [0, 0.1) is 5.92 Å². The molecule has 1 aliphatic carbocycles. The SMILES string of the molecule is CCC[C@@H](OC[C@H](O)CNC(C)(C)CC1Cc2ccccc2C1)c1ccc(Cl)cc1CCC(=O)OCC. The molecule has 0 aromatic heterocycles. The van der Waals surface area contributed by atoms with Crippen molar-refractivity contribution in [3.8, 4) is 0 Å². The largest absolute Gasteiger partial charge is 0.466 e. The lowest BCUT2D eigenvalue weighted by Crippen LogP contribution is -2.45. The minimum Gasteiger partial charge on any atom is -0.466 e. The van der Waals surface area contributed by atoms with Crippen molar-refractivity contribution < 1.29 is 19.4 Å². The van der Waals surface area contributed by atoms with Gasteiger partial charge in [-0.15, -0.1) is 0 Å². The van der Waals surface area contributed by atoms with Gasteiger partial charge in [-0.2, -0.15) is 0 Å². The summed E-state index contributed by atoms with van der Waals surface area (Å²) in [7, 11) is 0. The number of carbonyl (C=O) groups excluding carboxylic acids is 1. The van der Waals surface area contributed by atoms with E-state index in [1.165, 1.54) is 11.1 Å². The van der Waals surface area contributed by atoms with Crippen molar-refractivity contribution in [1.29, 1.82) is 0 Å². The normalized spacial score (nSPS) is 15.4. The van der Waals surface area contributed by atoms with Gasteiger partial charge >= 0.3 is 5.97 Å². The number of aliphatic hydroxyl groups is 1. The lowest BCUT2D eigenvalue weighted by molar-refractivity contribution is -0.143. The molecule has 0 bridgehead atoms. The van der Waals surface area contributed by atoms with Gasteiger partial charge in [0.15, 0.2) is 0 Å². The van der Waals surface area contributed by atoms with E-state index in [1.807, 2.05) is 25.1 Å². The number of hydrogen-bond acceptors (Lipinski definition) is 5. The van der Waals surface area contributed by atoms with Crippen molar-refractivity contribution in [1.82, 2.24) is 5.32 Å². The predicted octanol–water partition coefficient (Wildman–Crippen LogP) is 6.23. The van der Waals surface area contributed by atoms with E-state index in [0.717, 1.165) is 43.2 Å². The Morgan fingerprint density at radius 2 is 1.86 bits per heavy atom. The number of β-amino-alcohol motifs (C(OH)–C–C–N with tert-alkyl or cyclic N) is 1. The molecule has 0 aliphatic heterocycles. The Morgan fingerprint density at radius 1 is 1.16 bits per heavy atom. The summed E-state index contributed by atoms with van der Waals surface area (Å²) in [5.41, 5.74) is 4.89. The first kappa shape index (κ1) is 29.6. The van der Waals surface area contributed by atoms with Gasteiger partial charge in [0, 0.05) is 23.5 Å². The van der Waals surface area contributed by atoms with Gasteiger partial charge < -0.3 is 19.9 Å². The van der Waals surface area contributed by atoms with Crippen LogP contribution in [0.1, 0.15) is 81.7 Å². The fourth-order valence-corrected chi connectivity index (χ4v) is 5.63. The number of halogens is 1. The standard InChI is InChI=1S/C31H44ClNO4/c1-5-9-29(28-14-13-26(32)18-25(28)12-15-30(35)36-6-2)37-21-27(34)20-33-31(3,4)19-22-16-23-10-7-8-11-24(23)17-22/h7-8,10-11,13-14,18,22,27,29,33-34H,5-6,9,12,15-17,19-21H2,1-4H3/t27-,29-/m1/s1. The van der Waals surface area contributed by atoms with Gasteiger partial charge in [0.05, 0.1) is 25.4 Å². The molecular formula is C31H44ClNO4. The lowest BCUT2D eigenvalue weighted by atomic mass is 9.88. The Balaban J connectivity index is 1.52. The average molecular weight is 530 g/mol. The molecule has 0 heterocycles. The van der Waals surface area contributed by atoms with Crippen LogP contribution in [0.3, 0.4) is 0 Å². The summed E-state index contributed by atoms with van der Waals surface area (Å²) in [6, 6.07) is 14.5. The van der Waals surface area contributed by atoms with Crippen LogP contribution >= 0.6 is 11.6 Å². The maximum Gasteiger partial charge on any atom is 0.306 e. The van der Waals surface area contributed by atoms with Crippen LogP contribution < -0.4 is 5.32 Å². The summed E-state index contributed by atoms with van der Waals surface area (Å²) >= 11 is 6.27. The van der Waals surface area contributed by atoms with Crippen LogP contribution in [0.25, 0.3) is 0 Å². The molecule has 6 heteroatoms. The van der Waals surface area contributed by atoms with Crippen LogP contribution in [-0.2, 0) is 33.5 Å². The van der Waals surface area contributed by atoms with E-state index in [-0.39, 0.29) is 24.2 Å². The Hall–Kier alpha value is -1.92. The van der Waals surface area contributed by atoms with Gasteiger partial charge in [-0.05, 0) is 93.2 Å². The molecule has 0 fully saturated rings. The number of aryl methyl sites for hydroxylation is 1. The second-order valence-corrected chi connectivity index (χ2v) is 11.4. The van der Waals surface area contributed by atoms with Crippen LogP contribution in [0.5, 0.6) is 0 Å². The summed E-state index contributed by atoms with van der Waals surface area (Å²) in [5.74, 6) is 0.409. The van der Waals surface area contributed by atoms with Crippen molar-refractivity contribution in [2.45, 2.75) is 90.4 Å². The fourth-order valence-electron chi connectivity index (χ4n) is 5.43. The number of ether oxygens (including phenoxy) is 2. The van der Waals surface area contributed by atoms with E-state index < -0.39 is 6.10 Å². The third-order valence-corrected chi connectivity index (χ3v) is 7.38. The Labute approximate surface area is 227 Å². The zero-order valence-corrected chi connectivity index (χ0v) is 23.7. The molecule has 2 atom stereocenters. The summed E-state index contributed by atoms with van der Waals surface area (Å²) in [6.45, 7) is 9.44. The minimum atomic E-state index is -0.616. The first-order chi connectivity index (χ1) is 17.7. The first-order valence-electron chi connectivity index (χ1n) is 13.8. The zero-order valence-electron chi connectivity index (χ0n) is 22.9. The smallest absolute Gasteiger partial charge is 0.306 e. The van der Waals surface area contributed by atoms with Gasteiger partial charge in [0.25, 0.3) is 0 Å². The maximum atomic E-state index is 11.9. The zero-order chi connectivity index (χ0) is 26.8. The summed E-state index contributed by atoms with van der Waals surface area (Å²) < 4.78 is 11.3. The number of esters is 1. The highest BCUT2D eigenvalue weighted by atomic mass is 35.5. The van der Waals surface area contributed by atoms with Gasteiger partial charge in [-0.1, -0.05) is 55.3 Å². The quantitative estimate of drug-likeness (QED) is 0.268. The molecule has 2 aromatic carbocycles. The molecule has 0 saturated carbocycles. The van der Waals surface area contributed by atoms with Gasteiger partial charge in [-0.25, -0.2) is 0 Å². The second-order valence-electron chi connectivity index (χ2n) is 10.9. The third-order valence-electron chi connectivity index (χ3n) is 7.15. The molecule has 2 aromatic rings. The van der Waals surface area contributed by atoms with E-state index >= 15 is 0 Å². The molecule has 37 heavy (non-hydrogen) atoms. The van der Waals surface area contributed by atoms with Gasteiger partial charge in [0.1, 0.15) is 0 Å². The van der Waals surface area contributed by atoms with Crippen LogP contribution in [-0.4, -0.2) is 42.5 Å². The van der Waals surface area contributed by atoms with Crippen molar-refractivity contribution in [2.75, 3.05) is 19.8 Å². The average Bonchev–Trinajstić information content (AvgIpc) is 3.26. The van der Waals surface area contributed by atoms with Crippen molar-refractivity contribution in [3.05, 3.63) is 69.7 Å². The highest BCUT2D eigenvalue weighted by Crippen LogP contribution is 2.32. The Kier molecular flexibility index (Phi) is 11.4. The number of rotatable bonds is 15. The first-order valence-corrected chi connectivity index (χ1v) is 14.1. The number of hydrogen-bond donors (Lipinski definition) is 2. The van der Waals surface area contributed by atoms with Crippen molar-refractivity contribution in [3.63, 3.8) is 0 Å². The monoisotopic (exact) mass is 529 g/mol. The van der Waals surface area contributed by atoms with Gasteiger partial charge in [-0.3, -0.25) is 4.79 Å². The molecule has 5 nitrogen and oxygen atoms in total. The molecule has 0 unspecified atom stereocenters. The highest BCUT2D eigenvalue weighted by Gasteiger charge is 2.28. The highest BCUT2D eigenvalue weighted by molar-refractivity contribution is 6.30. The number of carbonyl (C=O) groups is 1. The van der Waals surface area contributed by atoms with E-state index in [0.29, 0.717) is 36.9 Å². The van der Waals surface area contributed by atoms with E-state index in [9.17, 15) is 9.90 Å². The third kappa shape index (κ3) is 9.40. The molecular weight excluding hydrogens is 486 g/mol. The van der Waals surface area contributed by atoms with E-state index in [4.69, 9.17) is 21.1 Å². The molecule has 2 N–H and O–H groups in total. The molecule has 3 rings (SSSR count). The Bertz CT molecular complexity index is 983. The lowest BCUT2D eigenvalue weighted by Gasteiger charge is -2.31. The fraction of sp³-hybridized carbons (Fsp3) is 0.581. The summed E-state index contributed by atoms with van der Waals surface area (Å²) in [6.07, 6.45) is 5.14. The van der Waals surface area contributed by atoms with Crippen molar-refractivity contribution in [2.24, 2.45) is 5.92 Å². The molecule has 0 spiro atoms. The van der Waals surface area contributed by atoms with Crippen LogP contribution in [0.2, 0.25) is 5.02 Å². The van der Waals surface area contributed by atoms with E-state index in [1.54, 1.807) is 0 Å². The number of aliphatic hydroxyl groups excluding tert-OH is 1. The molecule has 0 saturated heterocycles. The van der Waals surface area contributed by atoms with Gasteiger partial charge in [0.2, 0.25) is 0 Å². The predicted molar refractivity (Wildman–Crippen MR) is 150 cm³/mol. The molecule has 0 amide bonds. The van der Waals surface area contributed by atoms with E-state index in [2.05, 4.69) is 50.4 Å². The number of nitrogens with one attached hydrogen (secondary N) is 1.